The van der Waals surface area contributed by atoms with Crippen LogP contribution in [0.1, 0.15) is 45.0 Å². The molecule has 0 aromatic carbocycles. The highest BCUT2D eigenvalue weighted by atomic mass is 79.9. The fourth-order valence-electron chi connectivity index (χ4n) is 2.80. The van der Waals surface area contributed by atoms with Gasteiger partial charge in [-0.2, -0.15) is 5.10 Å². The molecule has 0 spiro atoms. The standard InChI is InChI=1S/C16H26BrN3O2/c1-11-14(17)12(2)20(18-11)10-13-7-6-8-19(9-13)15(21)22-16(3,4)5/h13H,6-10H2,1-5H3. The van der Waals surface area contributed by atoms with Gasteiger partial charge in [0.25, 0.3) is 0 Å². The Bertz CT molecular complexity index is 548. The molecule has 1 amide bonds. The van der Waals surface area contributed by atoms with E-state index < -0.39 is 5.60 Å². The Morgan fingerprint density at radius 3 is 2.64 bits per heavy atom. The molecule has 0 saturated carbocycles. The summed E-state index contributed by atoms with van der Waals surface area (Å²) in [6.07, 6.45) is 1.94. The highest BCUT2D eigenvalue weighted by Crippen LogP contribution is 2.24. The Labute approximate surface area is 141 Å². The van der Waals surface area contributed by atoms with Crippen LogP contribution in [0.15, 0.2) is 4.47 Å². The van der Waals surface area contributed by atoms with Crippen molar-refractivity contribution in [3.63, 3.8) is 0 Å². The largest absolute Gasteiger partial charge is 0.444 e. The summed E-state index contributed by atoms with van der Waals surface area (Å²) in [7, 11) is 0. The predicted molar refractivity (Wildman–Crippen MR) is 89.9 cm³/mol. The van der Waals surface area contributed by atoms with E-state index in [1.54, 1.807) is 0 Å². The van der Waals surface area contributed by atoms with Gasteiger partial charge in [-0.05, 0) is 69.3 Å². The van der Waals surface area contributed by atoms with Crippen LogP contribution in [0.4, 0.5) is 4.79 Å². The highest BCUT2D eigenvalue weighted by Gasteiger charge is 2.28. The molecule has 1 saturated heterocycles. The smallest absolute Gasteiger partial charge is 0.410 e. The number of halogens is 1. The summed E-state index contributed by atoms with van der Waals surface area (Å²) in [6.45, 7) is 12.1. The lowest BCUT2D eigenvalue weighted by Gasteiger charge is -2.34. The molecular formula is C16H26BrN3O2. The van der Waals surface area contributed by atoms with E-state index in [0.717, 1.165) is 48.3 Å². The van der Waals surface area contributed by atoms with Gasteiger partial charge in [0.1, 0.15) is 5.60 Å². The molecule has 1 atom stereocenters. The van der Waals surface area contributed by atoms with Crippen molar-refractivity contribution < 1.29 is 9.53 Å². The Balaban J connectivity index is 1.98. The van der Waals surface area contributed by atoms with Crippen molar-refractivity contribution >= 4 is 22.0 Å². The second kappa shape index (κ2) is 6.60. The molecule has 2 heterocycles. The van der Waals surface area contributed by atoms with Gasteiger partial charge in [0.15, 0.2) is 0 Å². The number of aryl methyl sites for hydroxylation is 1. The van der Waals surface area contributed by atoms with Crippen LogP contribution < -0.4 is 0 Å². The first-order chi connectivity index (χ1) is 10.2. The van der Waals surface area contributed by atoms with Crippen molar-refractivity contribution in [2.24, 2.45) is 5.92 Å². The Hall–Kier alpha value is -1.04. The fourth-order valence-corrected chi connectivity index (χ4v) is 3.09. The van der Waals surface area contributed by atoms with Gasteiger partial charge in [-0.1, -0.05) is 0 Å². The molecule has 0 radical (unpaired) electrons. The molecule has 0 bridgehead atoms. The van der Waals surface area contributed by atoms with Crippen molar-refractivity contribution in [1.29, 1.82) is 0 Å². The fraction of sp³-hybridized carbons (Fsp3) is 0.750. The molecule has 6 heteroatoms. The molecule has 0 aliphatic carbocycles. The number of ether oxygens (including phenoxy) is 1. The highest BCUT2D eigenvalue weighted by molar-refractivity contribution is 9.10. The minimum absolute atomic E-state index is 0.202. The van der Waals surface area contributed by atoms with Crippen LogP contribution in [0.3, 0.4) is 0 Å². The van der Waals surface area contributed by atoms with Gasteiger partial charge < -0.3 is 9.64 Å². The second-order valence-electron chi connectivity index (χ2n) is 7.10. The van der Waals surface area contributed by atoms with Crippen LogP contribution in [-0.2, 0) is 11.3 Å². The van der Waals surface area contributed by atoms with Gasteiger partial charge in [-0.3, -0.25) is 4.68 Å². The number of rotatable bonds is 2. The van der Waals surface area contributed by atoms with Gasteiger partial charge in [0.2, 0.25) is 0 Å². The van der Waals surface area contributed by atoms with E-state index >= 15 is 0 Å². The first kappa shape index (κ1) is 17.3. The van der Waals surface area contributed by atoms with Gasteiger partial charge >= 0.3 is 6.09 Å². The number of hydrogen-bond acceptors (Lipinski definition) is 3. The average molecular weight is 372 g/mol. The van der Waals surface area contributed by atoms with Crippen LogP contribution in [0.2, 0.25) is 0 Å². The van der Waals surface area contributed by atoms with E-state index in [1.165, 1.54) is 0 Å². The zero-order valence-electron chi connectivity index (χ0n) is 14.1. The first-order valence-corrected chi connectivity index (χ1v) is 8.64. The van der Waals surface area contributed by atoms with Crippen molar-refractivity contribution in [2.45, 2.75) is 59.6 Å². The van der Waals surface area contributed by atoms with E-state index in [2.05, 4.69) is 28.0 Å². The topological polar surface area (TPSA) is 47.4 Å². The SMILES string of the molecule is Cc1nn(CC2CCCN(C(=O)OC(C)(C)C)C2)c(C)c1Br. The van der Waals surface area contributed by atoms with E-state index in [-0.39, 0.29) is 6.09 Å². The lowest BCUT2D eigenvalue weighted by Crippen LogP contribution is -2.43. The molecule has 124 valence electrons. The summed E-state index contributed by atoms with van der Waals surface area (Å²) in [5, 5.41) is 4.57. The van der Waals surface area contributed by atoms with Gasteiger partial charge in [-0.25, -0.2) is 4.79 Å². The molecule has 2 rings (SSSR count). The van der Waals surface area contributed by atoms with Crippen molar-refractivity contribution in [2.75, 3.05) is 13.1 Å². The number of carbonyl (C=O) groups excluding carboxylic acids is 1. The number of nitrogens with zero attached hydrogens (tertiary/aromatic N) is 3. The number of carbonyl (C=O) groups is 1. The van der Waals surface area contributed by atoms with Crippen LogP contribution in [0.5, 0.6) is 0 Å². The summed E-state index contributed by atoms with van der Waals surface area (Å²) in [5.41, 5.74) is 1.72. The van der Waals surface area contributed by atoms with Crippen LogP contribution in [-0.4, -0.2) is 39.5 Å². The predicted octanol–water partition coefficient (Wildman–Crippen LogP) is 3.91. The number of piperidine rings is 1. The molecule has 22 heavy (non-hydrogen) atoms. The molecule has 0 N–H and O–H groups in total. The minimum Gasteiger partial charge on any atom is -0.444 e. The van der Waals surface area contributed by atoms with E-state index in [4.69, 9.17) is 4.74 Å². The monoisotopic (exact) mass is 371 g/mol. The third-order valence-corrected chi connectivity index (χ3v) is 5.04. The number of aromatic nitrogens is 2. The summed E-state index contributed by atoms with van der Waals surface area (Å²) in [4.78, 5) is 14.0. The first-order valence-electron chi connectivity index (χ1n) is 7.85. The van der Waals surface area contributed by atoms with Gasteiger partial charge in [-0.15, -0.1) is 0 Å². The minimum atomic E-state index is -0.440. The molecule has 5 nitrogen and oxygen atoms in total. The number of amides is 1. The summed E-state index contributed by atoms with van der Waals surface area (Å²) in [5.74, 6) is 0.422. The normalized spacial score (nSPS) is 19.4. The van der Waals surface area contributed by atoms with Crippen LogP contribution in [0, 0.1) is 19.8 Å². The zero-order chi connectivity index (χ0) is 16.5. The van der Waals surface area contributed by atoms with Crippen LogP contribution in [0.25, 0.3) is 0 Å². The molecule has 1 aromatic heterocycles. The van der Waals surface area contributed by atoms with Gasteiger partial charge in [0.05, 0.1) is 10.2 Å². The van der Waals surface area contributed by atoms with Crippen molar-refractivity contribution in [1.82, 2.24) is 14.7 Å². The van der Waals surface area contributed by atoms with Crippen molar-refractivity contribution in [3.05, 3.63) is 15.9 Å². The molecule has 1 aliphatic rings. The Kier molecular flexibility index (Phi) is 5.20. The number of likely N-dealkylation sites (tertiary alicyclic amines) is 1. The lowest BCUT2D eigenvalue weighted by atomic mass is 9.98. The maximum absolute atomic E-state index is 12.2. The molecule has 1 aliphatic heterocycles. The summed E-state index contributed by atoms with van der Waals surface area (Å²) >= 11 is 3.57. The van der Waals surface area contributed by atoms with E-state index in [9.17, 15) is 4.79 Å². The van der Waals surface area contributed by atoms with Crippen molar-refractivity contribution in [3.8, 4) is 0 Å². The average Bonchev–Trinajstić information content (AvgIpc) is 2.65. The van der Waals surface area contributed by atoms with Crippen LogP contribution >= 0.6 is 15.9 Å². The summed E-state index contributed by atoms with van der Waals surface area (Å²) < 4.78 is 8.60. The molecule has 1 aromatic rings. The molecule has 1 unspecified atom stereocenters. The summed E-state index contributed by atoms with van der Waals surface area (Å²) in [6, 6.07) is 0. The maximum Gasteiger partial charge on any atom is 0.410 e. The zero-order valence-corrected chi connectivity index (χ0v) is 15.7. The molecular weight excluding hydrogens is 346 g/mol. The van der Waals surface area contributed by atoms with Gasteiger partial charge in [0, 0.05) is 25.3 Å². The van der Waals surface area contributed by atoms with E-state index in [0.29, 0.717) is 5.92 Å². The van der Waals surface area contributed by atoms with E-state index in [1.807, 2.05) is 37.3 Å². The third kappa shape index (κ3) is 4.24. The third-order valence-electron chi connectivity index (χ3n) is 3.90. The Morgan fingerprint density at radius 2 is 2.09 bits per heavy atom. The Morgan fingerprint density at radius 1 is 1.41 bits per heavy atom. The quantitative estimate of drug-likeness (QED) is 0.791. The molecule has 1 fully saturated rings. The lowest BCUT2D eigenvalue weighted by molar-refractivity contribution is 0.0155. The maximum atomic E-state index is 12.2. The second-order valence-corrected chi connectivity index (χ2v) is 7.89. The number of hydrogen-bond donors (Lipinski definition) is 0.